The van der Waals surface area contributed by atoms with Gasteiger partial charge in [-0.3, -0.25) is 14.5 Å². The van der Waals surface area contributed by atoms with Crippen molar-refractivity contribution in [2.75, 3.05) is 32.3 Å². The highest BCUT2D eigenvalue weighted by atomic mass is 35.5. The van der Waals surface area contributed by atoms with Gasteiger partial charge in [-0.05, 0) is 60.3 Å². The zero-order valence-corrected chi connectivity index (χ0v) is 20.0. The number of carbonyl (C=O) groups excluding carboxylic acids is 2. The van der Waals surface area contributed by atoms with Gasteiger partial charge in [0.15, 0.2) is 16.6 Å². The number of esters is 1. The normalized spacial score (nSPS) is 14.5. The molecule has 0 atom stereocenters. The van der Waals surface area contributed by atoms with E-state index < -0.39 is 11.9 Å². The van der Waals surface area contributed by atoms with Crippen LogP contribution < -0.4 is 14.4 Å². The van der Waals surface area contributed by atoms with Crippen LogP contribution in [0.15, 0.2) is 42.1 Å². The molecule has 1 saturated heterocycles. The fourth-order valence-corrected chi connectivity index (χ4v) is 3.83. The first-order valence-corrected chi connectivity index (χ1v) is 10.6. The summed E-state index contributed by atoms with van der Waals surface area (Å²) in [6.45, 7) is -0.253. The van der Waals surface area contributed by atoms with Gasteiger partial charge in [0, 0.05) is 5.02 Å². The van der Waals surface area contributed by atoms with Gasteiger partial charge in [-0.2, -0.15) is 0 Å². The number of nitrogens with zero attached hydrogens (tertiary/aromatic N) is 2. The molecule has 0 bridgehead atoms. The quantitative estimate of drug-likeness (QED) is 0.242. The summed E-state index contributed by atoms with van der Waals surface area (Å²) in [6.07, 6.45) is 6.80. The first-order valence-electron chi connectivity index (χ1n) is 9.44. The van der Waals surface area contributed by atoms with Gasteiger partial charge in [0.1, 0.15) is 18.8 Å². The van der Waals surface area contributed by atoms with Crippen molar-refractivity contribution in [3.05, 3.63) is 57.7 Å². The first kappa shape index (κ1) is 24.4. The molecule has 170 valence electrons. The molecular weight excluding hydrogens is 487 g/mol. The molecule has 0 saturated carbocycles. The fraction of sp³-hybridized carbons (Fsp3) is 0.174. The lowest BCUT2D eigenvalue weighted by Gasteiger charge is -2.19. The summed E-state index contributed by atoms with van der Waals surface area (Å²) in [5.74, 6) is 1.96. The molecule has 1 fully saturated rings. The van der Waals surface area contributed by atoms with Gasteiger partial charge in [-0.15, -0.1) is 6.42 Å². The number of methoxy groups -OCH3 is 2. The number of benzene rings is 2. The average molecular weight is 505 g/mol. The van der Waals surface area contributed by atoms with Crippen molar-refractivity contribution in [3.8, 4) is 23.8 Å². The van der Waals surface area contributed by atoms with E-state index >= 15 is 0 Å². The maximum Gasteiger partial charge on any atom is 0.325 e. The van der Waals surface area contributed by atoms with Crippen molar-refractivity contribution in [2.45, 2.75) is 0 Å². The summed E-state index contributed by atoms with van der Waals surface area (Å²) in [5, 5.41) is 0.858. The Balaban J connectivity index is 2.07. The average Bonchev–Trinajstić information content (AvgIpc) is 3.02. The zero-order valence-electron chi connectivity index (χ0n) is 17.6. The van der Waals surface area contributed by atoms with Crippen molar-refractivity contribution in [3.63, 3.8) is 0 Å². The van der Waals surface area contributed by atoms with Gasteiger partial charge in [0.25, 0.3) is 5.91 Å². The molecule has 1 heterocycles. The van der Waals surface area contributed by atoms with E-state index in [2.05, 4.69) is 5.92 Å². The third-order valence-electron chi connectivity index (χ3n) is 4.59. The van der Waals surface area contributed by atoms with Crippen molar-refractivity contribution < 1.29 is 23.8 Å². The molecule has 1 aliphatic rings. The van der Waals surface area contributed by atoms with Crippen LogP contribution in [0.1, 0.15) is 5.56 Å². The van der Waals surface area contributed by atoms with Crippen LogP contribution in [0.3, 0.4) is 0 Å². The third kappa shape index (κ3) is 5.22. The van der Waals surface area contributed by atoms with E-state index in [4.69, 9.17) is 56.1 Å². The number of hydrogen-bond acceptors (Lipinski definition) is 6. The molecule has 1 aliphatic heterocycles. The SMILES string of the molecule is C#CCOc1c(Cl)cc(/C=C2/C(=O)N(c3ccc(Cl)cc3)C(=S)N2CC(=O)OC)cc1OC. The van der Waals surface area contributed by atoms with Crippen LogP contribution in [0, 0.1) is 12.3 Å². The number of amides is 1. The molecule has 0 spiro atoms. The summed E-state index contributed by atoms with van der Waals surface area (Å²) >= 11 is 17.8. The van der Waals surface area contributed by atoms with Crippen LogP contribution in [0.4, 0.5) is 5.69 Å². The largest absolute Gasteiger partial charge is 0.493 e. The zero-order chi connectivity index (χ0) is 24.1. The lowest BCUT2D eigenvalue weighted by molar-refractivity contribution is -0.140. The second-order valence-corrected chi connectivity index (χ2v) is 7.83. The lowest BCUT2D eigenvalue weighted by atomic mass is 10.1. The van der Waals surface area contributed by atoms with E-state index in [1.165, 1.54) is 24.0 Å². The lowest BCUT2D eigenvalue weighted by Crippen LogP contribution is -2.35. The Labute approximate surface area is 206 Å². The van der Waals surface area contributed by atoms with Crippen molar-refractivity contribution >= 4 is 64.2 Å². The summed E-state index contributed by atoms with van der Waals surface area (Å²) in [6, 6.07) is 9.80. The Morgan fingerprint density at radius 2 is 1.91 bits per heavy atom. The molecule has 0 aliphatic carbocycles. The number of hydrogen-bond donors (Lipinski definition) is 0. The number of anilines is 1. The molecule has 33 heavy (non-hydrogen) atoms. The number of carbonyl (C=O) groups is 2. The van der Waals surface area contributed by atoms with Crippen LogP contribution in [0.25, 0.3) is 6.08 Å². The molecular formula is C23H18Cl2N2O5S. The molecule has 0 radical (unpaired) electrons. The standard InChI is InChI=1S/C23H18Cl2N2O5S/c1-4-9-32-21-17(25)10-14(12-19(21)30-2)11-18-22(29)27(16-7-5-15(24)6-8-16)23(33)26(18)13-20(28)31-3/h1,5-8,10-12H,9,13H2,2-3H3/b18-11-. The van der Waals surface area contributed by atoms with E-state index in [0.717, 1.165) is 0 Å². The molecule has 0 aromatic heterocycles. The summed E-state index contributed by atoms with van der Waals surface area (Å²) in [5.41, 5.74) is 1.17. The van der Waals surface area contributed by atoms with E-state index in [9.17, 15) is 9.59 Å². The third-order valence-corrected chi connectivity index (χ3v) is 5.53. The van der Waals surface area contributed by atoms with Crippen LogP contribution in [0.2, 0.25) is 10.0 Å². The first-order chi connectivity index (χ1) is 15.8. The van der Waals surface area contributed by atoms with Crippen molar-refractivity contribution in [2.24, 2.45) is 0 Å². The topological polar surface area (TPSA) is 68.3 Å². The minimum absolute atomic E-state index is 0.00618. The Morgan fingerprint density at radius 1 is 1.21 bits per heavy atom. The second-order valence-electron chi connectivity index (χ2n) is 6.62. The number of ether oxygens (including phenoxy) is 3. The van der Waals surface area contributed by atoms with Crippen molar-refractivity contribution in [1.29, 1.82) is 0 Å². The van der Waals surface area contributed by atoms with E-state index in [1.807, 2.05) is 0 Å². The van der Waals surface area contributed by atoms with E-state index in [1.54, 1.807) is 42.5 Å². The monoisotopic (exact) mass is 504 g/mol. The number of rotatable bonds is 7. The molecule has 2 aromatic carbocycles. The smallest absolute Gasteiger partial charge is 0.325 e. The molecule has 7 nitrogen and oxygen atoms in total. The second kappa shape index (κ2) is 10.6. The van der Waals surface area contributed by atoms with Gasteiger partial charge < -0.3 is 19.1 Å². The Bertz CT molecular complexity index is 1170. The Kier molecular flexibility index (Phi) is 7.82. The Hall–Kier alpha value is -3.25. The van der Waals surface area contributed by atoms with Crippen LogP contribution in [-0.2, 0) is 14.3 Å². The minimum atomic E-state index is -0.567. The van der Waals surface area contributed by atoms with Crippen LogP contribution in [-0.4, -0.2) is 49.3 Å². The minimum Gasteiger partial charge on any atom is -0.493 e. The molecule has 3 rings (SSSR count). The number of terminal acetylenes is 1. The number of thiocarbonyl (C=S) groups is 1. The van der Waals surface area contributed by atoms with Gasteiger partial charge >= 0.3 is 5.97 Å². The van der Waals surface area contributed by atoms with E-state index in [-0.39, 0.29) is 34.7 Å². The van der Waals surface area contributed by atoms with Gasteiger partial charge in [-0.1, -0.05) is 29.1 Å². The summed E-state index contributed by atoms with van der Waals surface area (Å²) in [7, 11) is 2.70. The maximum atomic E-state index is 13.4. The van der Waals surface area contributed by atoms with Gasteiger partial charge in [0.05, 0.1) is 24.9 Å². The highest BCUT2D eigenvalue weighted by molar-refractivity contribution is 7.80. The van der Waals surface area contributed by atoms with Crippen LogP contribution >= 0.6 is 35.4 Å². The molecule has 0 unspecified atom stereocenters. The maximum absolute atomic E-state index is 13.4. The van der Waals surface area contributed by atoms with Gasteiger partial charge in [0.2, 0.25) is 0 Å². The number of halogens is 2. The molecule has 2 aromatic rings. The molecule has 10 heteroatoms. The van der Waals surface area contributed by atoms with E-state index in [0.29, 0.717) is 22.0 Å². The Morgan fingerprint density at radius 3 is 2.52 bits per heavy atom. The highest BCUT2D eigenvalue weighted by Gasteiger charge is 2.40. The summed E-state index contributed by atoms with van der Waals surface area (Å²) in [4.78, 5) is 28.1. The summed E-state index contributed by atoms with van der Waals surface area (Å²) < 4.78 is 15.6. The molecule has 1 amide bonds. The predicted octanol–water partition coefficient (Wildman–Crippen LogP) is 4.16. The molecule has 0 N–H and O–H groups in total. The van der Waals surface area contributed by atoms with Gasteiger partial charge in [-0.25, -0.2) is 0 Å². The predicted molar refractivity (Wildman–Crippen MR) is 131 cm³/mol. The highest BCUT2D eigenvalue weighted by Crippen LogP contribution is 2.38. The fourth-order valence-electron chi connectivity index (χ4n) is 3.08. The van der Waals surface area contributed by atoms with Crippen LogP contribution in [0.5, 0.6) is 11.5 Å². The van der Waals surface area contributed by atoms with Crippen molar-refractivity contribution in [1.82, 2.24) is 4.90 Å².